The molecule has 2 rings (SSSR count). The second kappa shape index (κ2) is 11.2. The molecule has 0 amide bonds. The second-order valence-electron chi connectivity index (χ2n) is 10.3. The summed E-state index contributed by atoms with van der Waals surface area (Å²) in [5.41, 5.74) is 3.14. The largest absolute Gasteiger partial charge is 0.478 e. The number of carboxylic acids is 1. The van der Waals surface area contributed by atoms with Gasteiger partial charge in [0.15, 0.2) is 0 Å². The maximum atomic E-state index is 11.7. The summed E-state index contributed by atoms with van der Waals surface area (Å²) in [4.78, 5) is 16.8. The molecule has 1 fully saturated rings. The Hall–Kier alpha value is -1.55. The molecule has 4 heteroatoms. The summed E-state index contributed by atoms with van der Waals surface area (Å²) in [5.74, 6) is 0.216. The van der Waals surface area contributed by atoms with E-state index in [0.717, 1.165) is 39.0 Å². The van der Waals surface area contributed by atoms with E-state index in [0.29, 0.717) is 17.4 Å². The van der Waals surface area contributed by atoms with Gasteiger partial charge in [-0.2, -0.15) is 0 Å². The van der Waals surface area contributed by atoms with Crippen molar-refractivity contribution in [3.05, 3.63) is 29.3 Å². The molecule has 0 radical (unpaired) electrons. The summed E-state index contributed by atoms with van der Waals surface area (Å²) in [5, 5.41) is 9.61. The molecular weight excluding hydrogens is 372 g/mol. The van der Waals surface area contributed by atoms with Crippen molar-refractivity contribution in [2.24, 2.45) is 11.3 Å². The molecule has 4 nitrogen and oxygen atoms in total. The van der Waals surface area contributed by atoms with Gasteiger partial charge >= 0.3 is 5.97 Å². The third-order valence-electron chi connectivity index (χ3n) is 6.51. The average molecular weight is 417 g/mol. The van der Waals surface area contributed by atoms with Crippen LogP contribution in [0.1, 0.15) is 95.5 Å². The molecule has 0 aliphatic carbocycles. The topological polar surface area (TPSA) is 43.8 Å². The fourth-order valence-electron chi connectivity index (χ4n) is 5.23. The normalized spacial score (nSPS) is 16.8. The van der Waals surface area contributed by atoms with Crippen molar-refractivity contribution in [2.75, 3.05) is 37.6 Å². The van der Waals surface area contributed by atoms with Gasteiger partial charge < -0.3 is 10.0 Å². The minimum Gasteiger partial charge on any atom is -0.478 e. The lowest BCUT2D eigenvalue weighted by Crippen LogP contribution is -2.47. The highest BCUT2D eigenvalue weighted by molar-refractivity contribution is 5.88. The molecule has 0 bridgehead atoms. The molecule has 30 heavy (non-hydrogen) atoms. The molecule has 0 saturated carbocycles. The first kappa shape index (κ1) is 24.7. The second-order valence-corrected chi connectivity index (χ2v) is 10.3. The van der Waals surface area contributed by atoms with Gasteiger partial charge in [-0.25, -0.2) is 4.79 Å². The van der Waals surface area contributed by atoms with Gasteiger partial charge in [0.25, 0.3) is 0 Å². The third-order valence-corrected chi connectivity index (χ3v) is 6.51. The fraction of sp³-hybridized carbons (Fsp3) is 0.731. The van der Waals surface area contributed by atoms with Crippen LogP contribution in [0, 0.1) is 11.3 Å². The van der Waals surface area contributed by atoms with Gasteiger partial charge in [0.05, 0.1) is 5.56 Å². The van der Waals surface area contributed by atoms with Crippen molar-refractivity contribution >= 4 is 11.7 Å². The molecular formula is C26H44N2O2. The van der Waals surface area contributed by atoms with Crippen molar-refractivity contribution in [1.29, 1.82) is 0 Å². The van der Waals surface area contributed by atoms with E-state index in [2.05, 4.69) is 57.4 Å². The van der Waals surface area contributed by atoms with Crippen molar-refractivity contribution in [3.8, 4) is 0 Å². The Morgan fingerprint density at radius 2 is 1.77 bits per heavy atom. The fourth-order valence-corrected chi connectivity index (χ4v) is 5.23. The van der Waals surface area contributed by atoms with Crippen LogP contribution in [0.5, 0.6) is 0 Å². The Morgan fingerprint density at radius 1 is 1.10 bits per heavy atom. The maximum Gasteiger partial charge on any atom is 0.335 e. The predicted molar refractivity (Wildman–Crippen MR) is 128 cm³/mol. The number of rotatable bonds is 11. The van der Waals surface area contributed by atoms with E-state index >= 15 is 0 Å². The van der Waals surface area contributed by atoms with Crippen LogP contribution in [-0.4, -0.2) is 48.7 Å². The van der Waals surface area contributed by atoms with Crippen LogP contribution < -0.4 is 4.90 Å². The molecule has 1 atom stereocenters. The van der Waals surface area contributed by atoms with Gasteiger partial charge in [-0.3, -0.25) is 4.90 Å². The number of hydrogen-bond donors (Lipinski definition) is 1. The molecule has 0 spiro atoms. The van der Waals surface area contributed by atoms with Crippen molar-refractivity contribution in [3.63, 3.8) is 0 Å². The van der Waals surface area contributed by atoms with Gasteiger partial charge in [0.1, 0.15) is 0 Å². The molecule has 1 heterocycles. The highest BCUT2D eigenvalue weighted by Gasteiger charge is 2.28. The summed E-state index contributed by atoms with van der Waals surface area (Å²) < 4.78 is 0. The van der Waals surface area contributed by atoms with E-state index in [1.54, 1.807) is 6.07 Å². The first-order valence-corrected chi connectivity index (χ1v) is 12.0. The standard InChI is InChI=1S/C26H44N2O2/c1-7-9-12-27-13-15-28(16-14-27)24-11-10-22(25(29)30)17-23(24)21(8-2)19-26(5,6)18-20(3)4/h10-11,17,20-21H,7-9,12-16,18-19H2,1-6H3,(H,29,30). The average Bonchev–Trinajstić information content (AvgIpc) is 2.69. The Morgan fingerprint density at radius 3 is 2.30 bits per heavy atom. The summed E-state index contributed by atoms with van der Waals surface area (Å²) in [6, 6.07) is 5.82. The van der Waals surface area contributed by atoms with Crippen LogP contribution in [0.3, 0.4) is 0 Å². The van der Waals surface area contributed by atoms with Crippen LogP contribution in [0.25, 0.3) is 0 Å². The summed E-state index contributed by atoms with van der Waals surface area (Å²) in [6.07, 6.45) is 5.82. The van der Waals surface area contributed by atoms with Gasteiger partial charge in [-0.15, -0.1) is 0 Å². The smallest absolute Gasteiger partial charge is 0.335 e. The molecule has 1 aliphatic rings. The van der Waals surface area contributed by atoms with Gasteiger partial charge in [0, 0.05) is 31.9 Å². The SMILES string of the molecule is CCCCN1CCN(c2ccc(C(=O)O)cc2C(CC)CC(C)(C)CC(C)C)CC1. The number of hydrogen-bond acceptors (Lipinski definition) is 3. The number of benzene rings is 1. The summed E-state index contributed by atoms with van der Waals surface area (Å²) in [6.45, 7) is 19.2. The van der Waals surface area contributed by atoms with Crippen molar-refractivity contribution in [1.82, 2.24) is 4.90 Å². The Balaban J connectivity index is 2.27. The minimum atomic E-state index is -0.830. The third kappa shape index (κ3) is 7.01. The number of aromatic carboxylic acids is 1. The number of nitrogens with zero attached hydrogens (tertiary/aromatic N) is 2. The highest BCUT2D eigenvalue weighted by atomic mass is 16.4. The Kier molecular flexibility index (Phi) is 9.21. The monoisotopic (exact) mass is 416 g/mol. The summed E-state index contributed by atoms with van der Waals surface area (Å²) in [7, 11) is 0. The number of carboxylic acid groups (broad SMARTS) is 1. The lowest BCUT2D eigenvalue weighted by molar-refractivity contribution is 0.0696. The van der Waals surface area contributed by atoms with Gasteiger partial charge in [-0.05, 0) is 73.2 Å². The Labute approximate surface area is 184 Å². The van der Waals surface area contributed by atoms with E-state index in [1.807, 2.05) is 6.07 Å². The molecule has 170 valence electrons. The van der Waals surface area contributed by atoms with E-state index in [9.17, 15) is 9.90 Å². The van der Waals surface area contributed by atoms with E-state index in [-0.39, 0.29) is 5.41 Å². The van der Waals surface area contributed by atoms with Gasteiger partial charge in [-0.1, -0.05) is 48.0 Å². The van der Waals surface area contributed by atoms with Crippen LogP contribution in [0.4, 0.5) is 5.69 Å². The first-order valence-electron chi connectivity index (χ1n) is 12.0. The van der Waals surface area contributed by atoms with Crippen molar-refractivity contribution in [2.45, 2.75) is 79.6 Å². The summed E-state index contributed by atoms with van der Waals surface area (Å²) >= 11 is 0. The lowest BCUT2D eigenvalue weighted by Gasteiger charge is -2.39. The predicted octanol–water partition coefficient (Wildman–Crippen LogP) is 6.26. The maximum absolute atomic E-state index is 11.7. The van der Waals surface area contributed by atoms with Crippen LogP contribution in [-0.2, 0) is 0 Å². The van der Waals surface area contributed by atoms with Crippen molar-refractivity contribution < 1.29 is 9.90 Å². The zero-order valence-corrected chi connectivity index (χ0v) is 20.2. The zero-order valence-electron chi connectivity index (χ0n) is 20.2. The van der Waals surface area contributed by atoms with E-state index in [4.69, 9.17) is 0 Å². The minimum absolute atomic E-state index is 0.240. The molecule has 1 unspecified atom stereocenters. The number of unbranched alkanes of at least 4 members (excludes halogenated alkanes) is 1. The number of anilines is 1. The molecule has 1 aromatic rings. The van der Waals surface area contributed by atoms with Gasteiger partial charge in [0.2, 0.25) is 0 Å². The first-order chi connectivity index (χ1) is 14.2. The van der Waals surface area contributed by atoms with E-state index in [1.165, 1.54) is 37.1 Å². The van der Waals surface area contributed by atoms with Crippen LogP contribution >= 0.6 is 0 Å². The molecule has 1 saturated heterocycles. The quantitative estimate of drug-likeness (QED) is 0.462. The number of carbonyl (C=O) groups is 1. The van der Waals surface area contributed by atoms with E-state index < -0.39 is 5.97 Å². The molecule has 1 N–H and O–H groups in total. The van der Waals surface area contributed by atoms with Crippen LogP contribution in [0.2, 0.25) is 0 Å². The number of piperazine rings is 1. The highest BCUT2D eigenvalue weighted by Crippen LogP contribution is 2.41. The molecule has 0 aromatic heterocycles. The lowest BCUT2D eigenvalue weighted by atomic mass is 9.74. The zero-order chi connectivity index (χ0) is 22.3. The Bertz CT molecular complexity index is 676. The molecule has 1 aromatic carbocycles. The van der Waals surface area contributed by atoms with Crippen LogP contribution in [0.15, 0.2) is 18.2 Å². The molecule has 1 aliphatic heterocycles.